The number of carbonyl (C=O) groups excluding carboxylic acids is 2. The summed E-state index contributed by atoms with van der Waals surface area (Å²) in [7, 11) is 1.72. The highest BCUT2D eigenvalue weighted by molar-refractivity contribution is 5.89. The Kier molecular flexibility index (Phi) is 4.81. The molecule has 1 aliphatic rings. The molecule has 2 amide bonds. The Balaban J connectivity index is 1.95. The second kappa shape index (κ2) is 6.78. The van der Waals surface area contributed by atoms with E-state index in [9.17, 15) is 9.59 Å². The Morgan fingerprint density at radius 3 is 2.71 bits per heavy atom. The van der Waals surface area contributed by atoms with Crippen molar-refractivity contribution in [1.82, 2.24) is 9.80 Å². The molecule has 6 heteroatoms. The first-order valence-corrected chi connectivity index (χ1v) is 6.75. The maximum Gasteiger partial charge on any atom is 0.345 e. The van der Waals surface area contributed by atoms with Gasteiger partial charge >= 0.3 is 17.9 Å². The molecule has 112 valence electrons. The first-order chi connectivity index (χ1) is 10.1. The second-order valence-electron chi connectivity index (χ2n) is 4.65. The molecular weight excluding hydrogens is 272 g/mol. The van der Waals surface area contributed by atoms with Crippen LogP contribution in [0.3, 0.4) is 0 Å². The van der Waals surface area contributed by atoms with Gasteiger partial charge in [0.25, 0.3) is 0 Å². The fourth-order valence-corrected chi connectivity index (χ4v) is 1.88. The molecule has 0 saturated carbocycles. The van der Waals surface area contributed by atoms with Crippen molar-refractivity contribution in [1.29, 1.82) is 0 Å². The molecular formula is C15H18N2O4. The van der Waals surface area contributed by atoms with Gasteiger partial charge in [-0.05, 0) is 18.6 Å². The minimum atomic E-state index is -0.516. The number of nitrogens with zero attached hydrogens (tertiary/aromatic N) is 2. The molecule has 0 atom stereocenters. The number of esters is 1. The van der Waals surface area contributed by atoms with Crippen molar-refractivity contribution in [3.05, 3.63) is 48.0 Å². The van der Waals surface area contributed by atoms with E-state index < -0.39 is 5.97 Å². The van der Waals surface area contributed by atoms with Crippen molar-refractivity contribution in [3.8, 4) is 0 Å². The monoisotopic (exact) mass is 290 g/mol. The van der Waals surface area contributed by atoms with Crippen LogP contribution in [0.5, 0.6) is 0 Å². The van der Waals surface area contributed by atoms with Crippen molar-refractivity contribution >= 4 is 12.0 Å². The molecule has 0 saturated heterocycles. The molecule has 21 heavy (non-hydrogen) atoms. The Labute approximate surface area is 123 Å². The molecule has 2 rings (SSSR count). The van der Waals surface area contributed by atoms with Gasteiger partial charge in [0.05, 0.1) is 11.8 Å². The summed E-state index contributed by atoms with van der Waals surface area (Å²) in [5.74, 6) is -0.486. The topological polar surface area (TPSA) is 59.1 Å². The van der Waals surface area contributed by atoms with Crippen molar-refractivity contribution in [2.24, 2.45) is 0 Å². The minimum absolute atomic E-state index is 0.0297. The van der Waals surface area contributed by atoms with E-state index in [2.05, 4.69) is 0 Å². The standard InChI is InChI=1S/C15H18N2O4/c1-3-9-16(2)15(19)17-10-13(20-11-17)21-14(18)12-7-5-4-6-8-12/h4-8,10H,3,9,11H2,1-2H3. The maximum atomic E-state index is 12.0. The van der Waals surface area contributed by atoms with Gasteiger partial charge in [-0.15, -0.1) is 0 Å². The summed E-state index contributed by atoms with van der Waals surface area (Å²) in [5, 5.41) is 0. The molecule has 0 bridgehead atoms. The highest BCUT2D eigenvalue weighted by Gasteiger charge is 2.25. The lowest BCUT2D eigenvalue weighted by molar-refractivity contribution is 0.0272. The smallest absolute Gasteiger partial charge is 0.345 e. The van der Waals surface area contributed by atoms with E-state index in [4.69, 9.17) is 9.47 Å². The fourth-order valence-electron chi connectivity index (χ4n) is 1.88. The fraction of sp³-hybridized carbons (Fsp3) is 0.333. The summed E-state index contributed by atoms with van der Waals surface area (Å²) in [4.78, 5) is 26.8. The van der Waals surface area contributed by atoms with Crippen LogP contribution < -0.4 is 0 Å². The number of amides is 2. The third kappa shape index (κ3) is 3.75. The highest BCUT2D eigenvalue weighted by Crippen LogP contribution is 2.16. The van der Waals surface area contributed by atoms with Crippen molar-refractivity contribution < 1.29 is 19.1 Å². The molecule has 1 aromatic carbocycles. The van der Waals surface area contributed by atoms with Gasteiger partial charge in [-0.25, -0.2) is 9.59 Å². The van der Waals surface area contributed by atoms with Crippen LogP contribution in [0.25, 0.3) is 0 Å². The summed E-state index contributed by atoms with van der Waals surface area (Å²) in [6.45, 7) is 2.69. The summed E-state index contributed by atoms with van der Waals surface area (Å²) in [5.41, 5.74) is 0.426. The molecule has 0 unspecified atom stereocenters. The van der Waals surface area contributed by atoms with E-state index in [-0.39, 0.29) is 18.7 Å². The molecule has 1 aliphatic heterocycles. The molecule has 0 N–H and O–H groups in total. The number of benzene rings is 1. The molecule has 6 nitrogen and oxygen atoms in total. The van der Waals surface area contributed by atoms with Crippen molar-refractivity contribution in [3.63, 3.8) is 0 Å². The lowest BCUT2D eigenvalue weighted by atomic mass is 10.2. The number of hydrogen-bond donors (Lipinski definition) is 0. The zero-order valence-electron chi connectivity index (χ0n) is 12.1. The SMILES string of the molecule is CCCN(C)C(=O)N1C=C(OC(=O)c2ccccc2)OC1. The zero-order valence-corrected chi connectivity index (χ0v) is 12.1. The quantitative estimate of drug-likeness (QED) is 0.799. The third-order valence-corrected chi connectivity index (χ3v) is 2.94. The Morgan fingerprint density at radius 1 is 1.33 bits per heavy atom. The summed E-state index contributed by atoms with van der Waals surface area (Å²) >= 11 is 0. The first-order valence-electron chi connectivity index (χ1n) is 6.75. The maximum absolute atomic E-state index is 12.0. The largest absolute Gasteiger partial charge is 0.442 e. The molecule has 0 radical (unpaired) electrons. The van der Waals surface area contributed by atoms with Gasteiger partial charge in [0.2, 0.25) is 0 Å². The number of carbonyl (C=O) groups is 2. The predicted molar refractivity (Wildman–Crippen MR) is 76.0 cm³/mol. The second-order valence-corrected chi connectivity index (χ2v) is 4.65. The van der Waals surface area contributed by atoms with Crippen LogP contribution >= 0.6 is 0 Å². The molecule has 0 aliphatic carbocycles. The normalized spacial score (nSPS) is 13.4. The highest BCUT2D eigenvalue weighted by atomic mass is 16.7. The van der Waals surface area contributed by atoms with E-state index in [0.717, 1.165) is 6.42 Å². The van der Waals surface area contributed by atoms with Crippen LogP contribution in [0.15, 0.2) is 42.5 Å². The zero-order chi connectivity index (χ0) is 15.2. The third-order valence-electron chi connectivity index (χ3n) is 2.94. The number of rotatable bonds is 4. The van der Waals surface area contributed by atoms with Crippen molar-refractivity contribution in [2.75, 3.05) is 20.3 Å². The number of hydrogen-bond acceptors (Lipinski definition) is 4. The van der Waals surface area contributed by atoms with Gasteiger partial charge in [-0.1, -0.05) is 25.1 Å². The number of ether oxygens (including phenoxy) is 2. The Bertz CT molecular complexity index is 542. The van der Waals surface area contributed by atoms with Crippen LogP contribution in [0, 0.1) is 0 Å². The molecule has 0 aromatic heterocycles. The van der Waals surface area contributed by atoms with Crippen LogP contribution in [-0.4, -0.2) is 42.1 Å². The van der Waals surface area contributed by atoms with E-state index in [1.165, 1.54) is 11.1 Å². The molecule has 1 aromatic rings. The lowest BCUT2D eigenvalue weighted by Crippen LogP contribution is -2.37. The van der Waals surface area contributed by atoms with Gasteiger partial charge < -0.3 is 14.4 Å². The van der Waals surface area contributed by atoms with Gasteiger partial charge in [0, 0.05) is 13.6 Å². The average molecular weight is 290 g/mol. The summed E-state index contributed by atoms with van der Waals surface area (Å²) < 4.78 is 10.3. The van der Waals surface area contributed by atoms with E-state index >= 15 is 0 Å². The average Bonchev–Trinajstić information content (AvgIpc) is 2.96. The predicted octanol–water partition coefficient (Wildman–Crippen LogP) is 2.39. The van der Waals surface area contributed by atoms with Crippen LogP contribution in [0.4, 0.5) is 4.79 Å². The first kappa shape index (κ1) is 14.9. The van der Waals surface area contributed by atoms with Gasteiger partial charge in [0.1, 0.15) is 0 Å². The van der Waals surface area contributed by atoms with Gasteiger partial charge in [0.15, 0.2) is 6.73 Å². The van der Waals surface area contributed by atoms with Crippen LogP contribution in [0.1, 0.15) is 23.7 Å². The lowest BCUT2D eigenvalue weighted by Gasteiger charge is -2.20. The van der Waals surface area contributed by atoms with Crippen LogP contribution in [-0.2, 0) is 9.47 Å². The van der Waals surface area contributed by atoms with E-state index in [0.29, 0.717) is 12.1 Å². The molecule has 1 heterocycles. The van der Waals surface area contributed by atoms with Crippen molar-refractivity contribution in [2.45, 2.75) is 13.3 Å². The van der Waals surface area contributed by atoms with Crippen LogP contribution in [0.2, 0.25) is 0 Å². The Hall–Kier alpha value is -2.50. The van der Waals surface area contributed by atoms with E-state index in [1.54, 1.807) is 36.2 Å². The van der Waals surface area contributed by atoms with Gasteiger partial charge in [-0.3, -0.25) is 4.90 Å². The molecule has 0 spiro atoms. The minimum Gasteiger partial charge on any atom is -0.442 e. The van der Waals surface area contributed by atoms with E-state index in [1.807, 2.05) is 13.0 Å². The van der Waals surface area contributed by atoms with Gasteiger partial charge in [-0.2, -0.15) is 0 Å². The Morgan fingerprint density at radius 2 is 2.05 bits per heavy atom. The molecule has 0 fully saturated rings. The number of urea groups is 1. The summed E-state index contributed by atoms with van der Waals surface area (Å²) in [6, 6.07) is 8.41. The summed E-state index contributed by atoms with van der Waals surface area (Å²) in [6.07, 6.45) is 2.27.